The molecule has 0 saturated carbocycles. The summed E-state index contributed by atoms with van der Waals surface area (Å²) in [6, 6.07) is 7.64. The monoisotopic (exact) mass is 231 g/mol. The molecular formula is C14H17NO2. The average Bonchev–Trinajstić information content (AvgIpc) is 2.35. The number of rotatable bonds is 4. The van der Waals surface area contributed by atoms with Crippen molar-refractivity contribution in [3.8, 4) is 5.75 Å². The molecule has 0 bridgehead atoms. The summed E-state index contributed by atoms with van der Waals surface area (Å²) in [5, 5.41) is 1.02. The van der Waals surface area contributed by atoms with Gasteiger partial charge in [0.1, 0.15) is 5.75 Å². The first kappa shape index (κ1) is 11.7. The van der Waals surface area contributed by atoms with E-state index >= 15 is 0 Å². The molecule has 2 aromatic rings. The lowest BCUT2D eigenvalue weighted by Gasteiger charge is -2.05. The van der Waals surface area contributed by atoms with Crippen LogP contribution >= 0.6 is 0 Å². The van der Waals surface area contributed by atoms with E-state index in [0.29, 0.717) is 0 Å². The van der Waals surface area contributed by atoms with Crippen molar-refractivity contribution < 1.29 is 4.74 Å². The Morgan fingerprint density at radius 3 is 2.82 bits per heavy atom. The SMILES string of the molecule is CCCCc1cc2cc(OC)ccc2[nH]c1=O. The van der Waals surface area contributed by atoms with Gasteiger partial charge in [-0.25, -0.2) is 0 Å². The Morgan fingerprint density at radius 2 is 2.12 bits per heavy atom. The molecule has 3 nitrogen and oxygen atoms in total. The third-order valence-corrected chi connectivity index (χ3v) is 2.93. The highest BCUT2D eigenvalue weighted by Crippen LogP contribution is 2.19. The number of aromatic nitrogens is 1. The Morgan fingerprint density at radius 1 is 1.29 bits per heavy atom. The molecule has 0 amide bonds. The molecule has 17 heavy (non-hydrogen) atoms. The van der Waals surface area contributed by atoms with Gasteiger partial charge >= 0.3 is 0 Å². The van der Waals surface area contributed by atoms with Crippen molar-refractivity contribution in [2.24, 2.45) is 0 Å². The summed E-state index contributed by atoms with van der Waals surface area (Å²) in [5.41, 5.74) is 1.74. The summed E-state index contributed by atoms with van der Waals surface area (Å²) in [6.45, 7) is 2.12. The Labute approximate surface area is 100 Å². The quantitative estimate of drug-likeness (QED) is 0.879. The van der Waals surface area contributed by atoms with Crippen molar-refractivity contribution in [3.63, 3.8) is 0 Å². The first-order valence-electron chi connectivity index (χ1n) is 5.94. The van der Waals surface area contributed by atoms with Gasteiger partial charge in [-0.3, -0.25) is 4.79 Å². The largest absolute Gasteiger partial charge is 0.497 e. The Balaban J connectivity index is 2.48. The van der Waals surface area contributed by atoms with Crippen LogP contribution < -0.4 is 10.3 Å². The number of unbranched alkanes of at least 4 members (excludes halogenated alkanes) is 1. The zero-order valence-electron chi connectivity index (χ0n) is 10.2. The number of aromatic amines is 1. The van der Waals surface area contributed by atoms with E-state index in [9.17, 15) is 4.79 Å². The lowest BCUT2D eigenvalue weighted by atomic mass is 10.1. The van der Waals surface area contributed by atoms with E-state index in [2.05, 4.69) is 11.9 Å². The van der Waals surface area contributed by atoms with Crippen LogP contribution in [0.3, 0.4) is 0 Å². The van der Waals surface area contributed by atoms with Crippen LogP contribution in [0.15, 0.2) is 29.1 Å². The fraction of sp³-hybridized carbons (Fsp3) is 0.357. The highest BCUT2D eigenvalue weighted by molar-refractivity contribution is 5.80. The van der Waals surface area contributed by atoms with Gasteiger partial charge in [0.25, 0.3) is 5.56 Å². The summed E-state index contributed by atoms with van der Waals surface area (Å²) in [7, 11) is 1.64. The second-order valence-electron chi connectivity index (χ2n) is 4.18. The van der Waals surface area contributed by atoms with Crippen LogP contribution in [0.5, 0.6) is 5.75 Å². The van der Waals surface area contributed by atoms with Gasteiger partial charge in [0.2, 0.25) is 0 Å². The van der Waals surface area contributed by atoms with Crippen LogP contribution in [0, 0.1) is 0 Å². The van der Waals surface area contributed by atoms with E-state index in [-0.39, 0.29) is 5.56 Å². The number of methoxy groups -OCH3 is 1. The molecule has 90 valence electrons. The second kappa shape index (κ2) is 5.04. The van der Waals surface area contributed by atoms with Crippen molar-refractivity contribution in [2.45, 2.75) is 26.2 Å². The minimum absolute atomic E-state index is 0.0242. The number of nitrogens with one attached hydrogen (secondary N) is 1. The molecule has 0 unspecified atom stereocenters. The number of hydrogen-bond donors (Lipinski definition) is 1. The van der Waals surface area contributed by atoms with E-state index < -0.39 is 0 Å². The van der Waals surface area contributed by atoms with Gasteiger partial charge in [0.15, 0.2) is 0 Å². The summed E-state index contributed by atoms with van der Waals surface area (Å²) < 4.78 is 5.18. The van der Waals surface area contributed by atoms with Crippen molar-refractivity contribution in [3.05, 3.63) is 40.2 Å². The van der Waals surface area contributed by atoms with Gasteiger partial charge in [0.05, 0.1) is 7.11 Å². The third-order valence-electron chi connectivity index (χ3n) is 2.93. The average molecular weight is 231 g/mol. The summed E-state index contributed by atoms with van der Waals surface area (Å²) >= 11 is 0. The lowest BCUT2D eigenvalue weighted by Crippen LogP contribution is -2.12. The van der Waals surface area contributed by atoms with E-state index in [1.165, 1.54) is 0 Å². The summed E-state index contributed by atoms with van der Waals surface area (Å²) in [4.78, 5) is 14.7. The zero-order chi connectivity index (χ0) is 12.3. The molecule has 2 rings (SSSR count). The van der Waals surface area contributed by atoms with Gasteiger partial charge in [0, 0.05) is 16.5 Å². The molecule has 0 aliphatic carbocycles. The highest BCUT2D eigenvalue weighted by Gasteiger charge is 2.03. The Bertz CT molecular complexity index is 572. The first-order valence-corrected chi connectivity index (χ1v) is 5.94. The van der Waals surface area contributed by atoms with Gasteiger partial charge in [-0.15, -0.1) is 0 Å². The lowest BCUT2D eigenvalue weighted by molar-refractivity contribution is 0.415. The molecular weight excluding hydrogens is 214 g/mol. The highest BCUT2D eigenvalue weighted by atomic mass is 16.5. The molecule has 0 spiro atoms. The molecule has 0 atom stereocenters. The van der Waals surface area contributed by atoms with Crippen LogP contribution in [-0.4, -0.2) is 12.1 Å². The fourth-order valence-corrected chi connectivity index (χ4v) is 1.91. The third kappa shape index (κ3) is 2.49. The number of H-pyrrole nitrogens is 1. The minimum atomic E-state index is 0.0242. The number of ether oxygens (including phenoxy) is 1. The molecule has 0 aliphatic rings. The number of aryl methyl sites for hydroxylation is 1. The molecule has 1 aromatic heterocycles. The summed E-state index contributed by atoms with van der Waals surface area (Å²) in [5.74, 6) is 0.811. The molecule has 1 N–H and O–H groups in total. The molecule has 0 aliphatic heterocycles. The molecule has 1 heterocycles. The molecule has 0 radical (unpaired) electrons. The Kier molecular flexibility index (Phi) is 3.47. The molecule has 0 fully saturated rings. The van der Waals surface area contributed by atoms with Crippen LogP contribution in [0.2, 0.25) is 0 Å². The van der Waals surface area contributed by atoms with E-state index in [1.54, 1.807) is 7.11 Å². The van der Waals surface area contributed by atoms with Crippen molar-refractivity contribution >= 4 is 10.9 Å². The Hall–Kier alpha value is -1.77. The van der Waals surface area contributed by atoms with Crippen molar-refractivity contribution in [2.75, 3.05) is 7.11 Å². The van der Waals surface area contributed by atoms with Crippen molar-refractivity contribution in [1.82, 2.24) is 4.98 Å². The maximum absolute atomic E-state index is 11.8. The minimum Gasteiger partial charge on any atom is -0.497 e. The predicted molar refractivity (Wildman–Crippen MR) is 69.7 cm³/mol. The number of hydrogen-bond acceptors (Lipinski definition) is 2. The van der Waals surface area contributed by atoms with Crippen LogP contribution in [0.1, 0.15) is 25.3 Å². The van der Waals surface area contributed by atoms with Crippen LogP contribution in [0.25, 0.3) is 10.9 Å². The zero-order valence-corrected chi connectivity index (χ0v) is 10.2. The number of benzene rings is 1. The second-order valence-corrected chi connectivity index (χ2v) is 4.18. The van der Waals surface area contributed by atoms with E-state index in [1.807, 2.05) is 24.3 Å². The number of pyridine rings is 1. The van der Waals surface area contributed by atoms with Gasteiger partial charge < -0.3 is 9.72 Å². The standard InChI is InChI=1S/C14H17NO2/c1-3-4-5-10-8-11-9-12(17-2)6-7-13(11)15-14(10)16/h6-9H,3-5H2,1-2H3,(H,15,16). The van der Waals surface area contributed by atoms with Gasteiger partial charge in [-0.1, -0.05) is 13.3 Å². The topological polar surface area (TPSA) is 42.1 Å². The maximum atomic E-state index is 11.8. The summed E-state index contributed by atoms with van der Waals surface area (Å²) in [6.07, 6.45) is 2.97. The maximum Gasteiger partial charge on any atom is 0.251 e. The fourth-order valence-electron chi connectivity index (χ4n) is 1.91. The van der Waals surface area contributed by atoms with E-state index in [4.69, 9.17) is 4.74 Å². The smallest absolute Gasteiger partial charge is 0.251 e. The van der Waals surface area contributed by atoms with Gasteiger partial charge in [-0.2, -0.15) is 0 Å². The van der Waals surface area contributed by atoms with Crippen LogP contribution in [0.4, 0.5) is 0 Å². The van der Waals surface area contributed by atoms with E-state index in [0.717, 1.165) is 41.5 Å². The predicted octanol–water partition coefficient (Wildman–Crippen LogP) is 2.88. The number of fused-ring (bicyclic) bond motifs is 1. The first-order chi connectivity index (χ1) is 8.24. The van der Waals surface area contributed by atoms with Gasteiger partial charge in [-0.05, 0) is 37.1 Å². The molecule has 1 aromatic carbocycles. The molecule has 0 saturated heterocycles. The van der Waals surface area contributed by atoms with Crippen LogP contribution in [-0.2, 0) is 6.42 Å². The molecule has 3 heteroatoms. The van der Waals surface area contributed by atoms with Crippen molar-refractivity contribution in [1.29, 1.82) is 0 Å². The normalized spacial score (nSPS) is 10.7.